The topological polar surface area (TPSA) is 63.6 Å². The van der Waals surface area contributed by atoms with Gasteiger partial charge in [-0.3, -0.25) is 9.59 Å². The van der Waals surface area contributed by atoms with E-state index < -0.39 is 0 Å². The zero-order valence-corrected chi connectivity index (χ0v) is 9.55. The Bertz CT molecular complexity index is 435. The fourth-order valence-corrected chi connectivity index (χ4v) is 1.35. The van der Waals surface area contributed by atoms with Gasteiger partial charge in [0.25, 0.3) is 0 Å². The van der Waals surface area contributed by atoms with E-state index in [1.165, 1.54) is 6.07 Å². The first-order valence-corrected chi connectivity index (χ1v) is 5.28. The lowest BCUT2D eigenvalue weighted by molar-refractivity contribution is -0.142. The van der Waals surface area contributed by atoms with Gasteiger partial charge in [-0.2, -0.15) is 0 Å². The molecule has 1 rings (SSSR count). The third kappa shape index (κ3) is 3.75. The Balaban J connectivity index is 2.74. The summed E-state index contributed by atoms with van der Waals surface area (Å²) in [4.78, 5) is 21.8. The van der Waals surface area contributed by atoms with Gasteiger partial charge in [-0.25, -0.2) is 0 Å². The summed E-state index contributed by atoms with van der Waals surface area (Å²) in [5.74, 6) is -0.394. The second-order valence-electron chi connectivity index (χ2n) is 3.31. The smallest absolute Gasteiger partial charge is 0.309 e. The molecule has 0 saturated heterocycles. The van der Waals surface area contributed by atoms with Crippen LogP contribution in [0.1, 0.15) is 29.3 Å². The number of aldehydes is 1. The number of benzene rings is 1. The van der Waals surface area contributed by atoms with Crippen molar-refractivity contribution in [1.29, 1.82) is 0 Å². The quantitative estimate of drug-likeness (QED) is 0.626. The number of hydrogen-bond acceptors (Lipinski definition) is 4. The summed E-state index contributed by atoms with van der Waals surface area (Å²) in [5, 5.41) is 9.43. The Kier molecular flexibility index (Phi) is 4.94. The fourth-order valence-electron chi connectivity index (χ4n) is 1.35. The van der Waals surface area contributed by atoms with Crippen molar-refractivity contribution in [2.75, 3.05) is 6.61 Å². The van der Waals surface area contributed by atoms with Gasteiger partial charge in [0, 0.05) is 0 Å². The zero-order valence-electron chi connectivity index (χ0n) is 9.55. The minimum absolute atomic E-state index is 0.0710. The molecule has 4 heteroatoms. The molecule has 0 fully saturated rings. The molecule has 90 valence electrons. The number of phenolic OH excluding ortho intramolecular Hbond substituents is 1. The van der Waals surface area contributed by atoms with Gasteiger partial charge in [-0.1, -0.05) is 24.3 Å². The van der Waals surface area contributed by atoms with E-state index in [9.17, 15) is 14.7 Å². The largest absolute Gasteiger partial charge is 0.507 e. The molecule has 0 atom stereocenters. The van der Waals surface area contributed by atoms with E-state index in [-0.39, 0.29) is 23.7 Å². The highest BCUT2D eigenvalue weighted by Gasteiger charge is 2.03. The molecule has 1 N–H and O–H groups in total. The lowest BCUT2D eigenvalue weighted by Crippen LogP contribution is -2.01. The Morgan fingerprint density at radius 1 is 1.47 bits per heavy atom. The first-order chi connectivity index (χ1) is 8.19. The Morgan fingerprint density at radius 3 is 2.88 bits per heavy atom. The van der Waals surface area contributed by atoms with Crippen molar-refractivity contribution in [2.24, 2.45) is 0 Å². The number of esters is 1. The Labute approximate surface area is 99.5 Å². The summed E-state index contributed by atoms with van der Waals surface area (Å²) in [6.45, 7) is 2.08. The number of phenols is 1. The molecule has 0 amide bonds. The number of ether oxygens (including phenoxy) is 1. The van der Waals surface area contributed by atoms with Crippen LogP contribution >= 0.6 is 0 Å². The molecule has 0 aromatic heterocycles. The predicted molar refractivity (Wildman–Crippen MR) is 63.8 cm³/mol. The molecule has 17 heavy (non-hydrogen) atoms. The molecular weight excluding hydrogens is 220 g/mol. The number of rotatable bonds is 5. The molecule has 0 heterocycles. The van der Waals surface area contributed by atoms with Crippen molar-refractivity contribution >= 4 is 18.3 Å². The zero-order chi connectivity index (χ0) is 12.7. The molecule has 0 aliphatic rings. The maximum absolute atomic E-state index is 11.1. The van der Waals surface area contributed by atoms with E-state index in [0.717, 1.165) is 0 Å². The summed E-state index contributed by atoms with van der Waals surface area (Å²) in [5.41, 5.74) is 0.789. The monoisotopic (exact) mass is 234 g/mol. The highest BCUT2D eigenvalue weighted by molar-refractivity contribution is 5.86. The lowest BCUT2D eigenvalue weighted by atomic mass is 10.1. The van der Waals surface area contributed by atoms with Crippen LogP contribution in [0.4, 0.5) is 0 Å². The van der Waals surface area contributed by atoms with Crippen molar-refractivity contribution in [1.82, 2.24) is 0 Å². The van der Waals surface area contributed by atoms with Crippen LogP contribution in [0.25, 0.3) is 6.08 Å². The number of hydrogen-bond donors (Lipinski definition) is 1. The lowest BCUT2D eigenvalue weighted by Gasteiger charge is -2.01. The Hall–Kier alpha value is -2.10. The molecule has 0 unspecified atom stereocenters. The van der Waals surface area contributed by atoms with Gasteiger partial charge in [0.05, 0.1) is 18.6 Å². The van der Waals surface area contributed by atoms with Gasteiger partial charge in [0.2, 0.25) is 0 Å². The summed E-state index contributed by atoms with van der Waals surface area (Å²) in [7, 11) is 0. The van der Waals surface area contributed by atoms with Crippen LogP contribution in [0, 0.1) is 0 Å². The van der Waals surface area contributed by atoms with Crippen molar-refractivity contribution in [3.63, 3.8) is 0 Å². The van der Waals surface area contributed by atoms with Crippen molar-refractivity contribution in [2.45, 2.75) is 13.3 Å². The minimum Gasteiger partial charge on any atom is -0.507 e. The average molecular weight is 234 g/mol. The maximum Gasteiger partial charge on any atom is 0.309 e. The highest BCUT2D eigenvalue weighted by atomic mass is 16.5. The first kappa shape index (κ1) is 13.0. The summed E-state index contributed by atoms with van der Waals surface area (Å²) >= 11 is 0. The van der Waals surface area contributed by atoms with Gasteiger partial charge in [0.1, 0.15) is 5.75 Å². The third-order valence-corrected chi connectivity index (χ3v) is 2.12. The van der Waals surface area contributed by atoms with Gasteiger partial charge in [0.15, 0.2) is 6.29 Å². The van der Waals surface area contributed by atoms with Gasteiger partial charge >= 0.3 is 5.97 Å². The van der Waals surface area contributed by atoms with Crippen molar-refractivity contribution in [3.05, 3.63) is 35.4 Å². The van der Waals surface area contributed by atoms with E-state index in [2.05, 4.69) is 0 Å². The van der Waals surface area contributed by atoms with Gasteiger partial charge in [-0.05, 0) is 18.6 Å². The molecule has 0 spiro atoms. The second-order valence-corrected chi connectivity index (χ2v) is 3.31. The number of carbonyl (C=O) groups is 2. The Morgan fingerprint density at radius 2 is 2.24 bits per heavy atom. The average Bonchev–Trinajstić information content (AvgIpc) is 2.29. The van der Waals surface area contributed by atoms with Crippen LogP contribution in [0.3, 0.4) is 0 Å². The second kappa shape index (κ2) is 6.48. The van der Waals surface area contributed by atoms with Crippen LogP contribution in [0.5, 0.6) is 5.75 Å². The van der Waals surface area contributed by atoms with E-state index in [4.69, 9.17) is 4.74 Å². The van der Waals surface area contributed by atoms with Crippen LogP contribution < -0.4 is 0 Å². The van der Waals surface area contributed by atoms with Gasteiger partial charge in [-0.15, -0.1) is 0 Å². The van der Waals surface area contributed by atoms with Crippen LogP contribution in [-0.2, 0) is 9.53 Å². The van der Waals surface area contributed by atoms with Crippen molar-refractivity contribution < 1.29 is 19.4 Å². The normalized spacial score (nSPS) is 10.4. The SMILES string of the molecule is CCOC(=O)CC=Cc1cccc(O)c1C=O. The molecular formula is C13H14O4. The molecule has 0 aliphatic heterocycles. The molecule has 4 nitrogen and oxygen atoms in total. The summed E-state index contributed by atoms with van der Waals surface area (Å²) in [6, 6.07) is 4.75. The molecule has 0 radical (unpaired) electrons. The third-order valence-electron chi connectivity index (χ3n) is 2.12. The first-order valence-electron chi connectivity index (χ1n) is 5.28. The summed E-state index contributed by atoms with van der Waals surface area (Å²) < 4.78 is 4.75. The van der Waals surface area contributed by atoms with Crippen LogP contribution in [-0.4, -0.2) is 24.0 Å². The van der Waals surface area contributed by atoms with E-state index in [1.54, 1.807) is 31.2 Å². The maximum atomic E-state index is 11.1. The standard InChI is InChI=1S/C13H14O4/c1-2-17-13(16)8-4-6-10-5-3-7-12(15)11(10)9-14/h3-7,9,15H,2,8H2,1H3. The highest BCUT2D eigenvalue weighted by Crippen LogP contribution is 2.20. The number of carbonyl (C=O) groups excluding carboxylic acids is 2. The van der Waals surface area contributed by atoms with E-state index in [1.807, 2.05) is 0 Å². The molecule has 0 saturated carbocycles. The van der Waals surface area contributed by atoms with Crippen molar-refractivity contribution in [3.8, 4) is 5.75 Å². The number of aromatic hydroxyl groups is 1. The fraction of sp³-hybridized carbons (Fsp3) is 0.231. The van der Waals surface area contributed by atoms with Gasteiger partial charge < -0.3 is 9.84 Å². The minimum atomic E-state index is -0.323. The van der Waals surface area contributed by atoms with Crippen LogP contribution in [0.2, 0.25) is 0 Å². The molecule has 0 aliphatic carbocycles. The van der Waals surface area contributed by atoms with E-state index in [0.29, 0.717) is 18.5 Å². The molecule has 1 aromatic carbocycles. The predicted octanol–water partition coefficient (Wildman–Crippen LogP) is 2.17. The van der Waals surface area contributed by atoms with Crippen LogP contribution in [0.15, 0.2) is 24.3 Å². The van der Waals surface area contributed by atoms with E-state index >= 15 is 0 Å². The summed E-state index contributed by atoms with van der Waals surface area (Å²) in [6.07, 6.45) is 3.93. The molecule has 1 aromatic rings. The molecule has 0 bridgehead atoms.